The SMILES string of the molecule is COc1cc(C(=O)N[C@H](C)c2ccc(N3CCC[C@H](C)C3)cc2)cc(OC)c1OC. The molecule has 0 saturated carbocycles. The number of carbonyl (C=O) groups excluding carboxylic acids is 1. The van der Waals surface area contributed by atoms with Crippen molar-refractivity contribution in [3.63, 3.8) is 0 Å². The molecule has 0 aliphatic carbocycles. The molecule has 1 aliphatic rings. The normalized spacial score (nSPS) is 17.2. The molecule has 1 fully saturated rings. The Morgan fingerprint density at radius 3 is 2.23 bits per heavy atom. The van der Waals surface area contributed by atoms with Crippen LogP contribution in [0.3, 0.4) is 0 Å². The summed E-state index contributed by atoms with van der Waals surface area (Å²) >= 11 is 0. The standard InChI is InChI=1S/C24H32N2O4/c1-16-7-6-12-26(15-16)20-10-8-18(9-11-20)17(2)25-24(27)19-13-21(28-3)23(30-5)22(14-19)29-4/h8-11,13-14,16-17H,6-7,12,15H2,1-5H3,(H,25,27)/t16-,17+/m0/s1. The number of benzene rings is 2. The lowest BCUT2D eigenvalue weighted by Gasteiger charge is -2.33. The summed E-state index contributed by atoms with van der Waals surface area (Å²) in [6.07, 6.45) is 2.54. The van der Waals surface area contributed by atoms with Crippen LogP contribution in [0, 0.1) is 5.92 Å². The molecule has 2 atom stereocenters. The fraction of sp³-hybridized carbons (Fsp3) is 0.458. The summed E-state index contributed by atoms with van der Waals surface area (Å²) in [5.74, 6) is 1.91. The molecule has 3 rings (SSSR count). The molecule has 1 N–H and O–H groups in total. The first-order valence-electron chi connectivity index (χ1n) is 10.4. The van der Waals surface area contributed by atoms with Gasteiger partial charge in [-0.3, -0.25) is 4.79 Å². The van der Waals surface area contributed by atoms with Crippen LogP contribution in [0.4, 0.5) is 5.69 Å². The van der Waals surface area contributed by atoms with E-state index in [4.69, 9.17) is 14.2 Å². The van der Waals surface area contributed by atoms with Crippen LogP contribution in [0.5, 0.6) is 17.2 Å². The molecule has 0 bridgehead atoms. The Balaban J connectivity index is 1.71. The maximum atomic E-state index is 12.8. The zero-order chi connectivity index (χ0) is 21.7. The summed E-state index contributed by atoms with van der Waals surface area (Å²) in [4.78, 5) is 15.3. The fourth-order valence-corrected chi connectivity index (χ4v) is 3.97. The van der Waals surface area contributed by atoms with Crippen LogP contribution in [0.1, 0.15) is 48.7 Å². The van der Waals surface area contributed by atoms with E-state index >= 15 is 0 Å². The summed E-state index contributed by atoms with van der Waals surface area (Å²) in [6, 6.07) is 11.7. The van der Waals surface area contributed by atoms with Crippen molar-refractivity contribution in [1.82, 2.24) is 5.32 Å². The Bertz CT molecular complexity index is 841. The van der Waals surface area contributed by atoms with Crippen molar-refractivity contribution < 1.29 is 19.0 Å². The second-order valence-corrected chi connectivity index (χ2v) is 7.89. The third kappa shape index (κ3) is 4.81. The number of nitrogens with one attached hydrogen (secondary N) is 1. The minimum atomic E-state index is -0.198. The molecule has 1 saturated heterocycles. The molecule has 0 aromatic heterocycles. The van der Waals surface area contributed by atoms with Crippen LogP contribution < -0.4 is 24.4 Å². The number of piperidine rings is 1. The summed E-state index contributed by atoms with van der Waals surface area (Å²) in [6.45, 7) is 6.50. The summed E-state index contributed by atoms with van der Waals surface area (Å²) in [5, 5.41) is 3.05. The first-order chi connectivity index (χ1) is 14.5. The van der Waals surface area contributed by atoms with Crippen molar-refractivity contribution in [1.29, 1.82) is 0 Å². The number of rotatable bonds is 7. The summed E-state index contributed by atoms with van der Waals surface area (Å²) < 4.78 is 16.0. The van der Waals surface area contributed by atoms with E-state index in [-0.39, 0.29) is 11.9 Å². The third-order valence-electron chi connectivity index (χ3n) is 5.69. The van der Waals surface area contributed by atoms with Gasteiger partial charge in [-0.15, -0.1) is 0 Å². The number of nitrogens with zero attached hydrogens (tertiary/aromatic N) is 1. The lowest BCUT2D eigenvalue weighted by Crippen LogP contribution is -2.34. The Morgan fingerprint density at radius 1 is 1.07 bits per heavy atom. The lowest BCUT2D eigenvalue weighted by molar-refractivity contribution is 0.0939. The molecular weight excluding hydrogens is 380 g/mol. The van der Waals surface area contributed by atoms with Gasteiger partial charge in [0.15, 0.2) is 11.5 Å². The van der Waals surface area contributed by atoms with E-state index in [1.54, 1.807) is 12.1 Å². The maximum Gasteiger partial charge on any atom is 0.252 e. The molecule has 6 heteroatoms. The van der Waals surface area contributed by atoms with Gasteiger partial charge in [-0.05, 0) is 55.5 Å². The highest BCUT2D eigenvalue weighted by molar-refractivity contribution is 5.95. The lowest BCUT2D eigenvalue weighted by atomic mass is 9.99. The van der Waals surface area contributed by atoms with Crippen molar-refractivity contribution in [3.8, 4) is 17.2 Å². The summed E-state index contributed by atoms with van der Waals surface area (Å²) in [7, 11) is 4.61. The molecular formula is C24H32N2O4. The number of ether oxygens (including phenoxy) is 3. The van der Waals surface area contributed by atoms with Gasteiger partial charge in [0.1, 0.15) is 0 Å². The molecule has 0 spiro atoms. The van der Waals surface area contributed by atoms with Gasteiger partial charge in [0.05, 0.1) is 27.4 Å². The van der Waals surface area contributed by atoms with Crippen molar-refractivity contribution in [3.05, 3.63) is 47.5 Å². The molecule has 30 heavy (non-hydrogen) atoms. The van der Waals surface area contributed by atoms with E-state index in [1.807, 2.05) is 6.92 Å². The van der Waals surface area contributed by atoms with Gasteiger partial charge in [0, 0.05) is 24.3 Å². The Hall–Kier alpha value is -2.89. The van der Waals surface area contributed by atoms with Crippen LogP contribution >= 0.6 is 0 Å². The summed E-state index contributed by atoms with van der Waals surface area (Å²) in [5.41, 5.74) is 2.76. The average Bonchev–Trinajstić information content (AvgIpc) is 2.77. The van der Waals surface area contributed by atoms with E-state index in [0.29, 0.717) is 22.8 Å². The number of anilines is 1. The molecule has 2 aromatic carbocycles. The van der Waals surface area contributed by atoms with E-state index in [9.17, 15) is 4.79 Å². The van der Waals surface area contributed by atoms with E-state index in [2.05, 4.69) is 41.4 Å². The average molecular weight is 413 g/mol. The Kier molecular flexibility index (Phi) is 7.08. The minimum Gasteiger partial charge on any atom is -0.493 e. The highest BCUT2D eigenvalue weighted by Gasteiger charge is 2.20. The molecule has 0 radical (unpaired) electrons. The van der Waals surface area contributed by atoms with Crippen LogP contribution in [-0.2, 0) is 0 Å². The van der Waals surface area contributed by atoms with Gasteiger partial charge in [0.25, 0.3) is 5.91 Å². The zero-order valence-corrected chi connectivity index (χ0v) is 18.5. The first-order valence-corrected chi connectivity index (χ1v) is 10.4. The van der Waals surface area contributed by atoms with Crippen molar-refractivity contribution in [2.24, 2.45) is 5.92 Å². The minimum absolute atomic E-state index is 0.133. The van der Waals surface area contributed by atoms with E-state index in [0.717, 1.165) is 24.6 Å². The fourth-order valence-electron chi connectivity index (χ4n) is 3.97. The monoisotopic (exact) mass is 412 g/mol. The number of carbonyl (C=O) groups is 1. The van der Waals surface area contributed by atoms with Crippen molar-refractivity contribution in [2.75, 3.05) is 39.3 Å². The number of methoxy groups -OCH3 is 3. The molecule has 0 unspecified atom stereocenters. The smallest absolute Gasteiger partial charge is 0.252 e. The molecule has 162 valence electrons. The van der Waals surface area contributed by atoms with Gasteiger partial charge in [0.2, 0.25) is 5.75 Å². The second kappa shape index (κ2) is 9.74. The predicted octanol–water partition coefficient (Wildman–Crippen LogP) is 4.44. The van der Waals surface area contributed by atoms with Crippen LogP contribution in [-0.4, -0.2) is 40.3 Å². The van der Waals surface area contributed by atoms with Gasteiger partial charge in [-0.2, -0.15) is 0 Å². The topological polar surface area (TPSA) is 60.0 Å². The number of hydrogen-bond acceptors (Lipinski definition) is 5. The predicted molar refractivity (Wildman–Crippen MR) is 119 cm³/mol. The van der Waals surface area contributed by atoms with E-state index in [1.165, 1.54) is 39.9 Å². The zero-order valence-electron chi connectivity index (χ0n) is 18.5. The van der Waals surface area contributed by atoms with Gasteiger partial charge in [-0.25, -0.2) is 0 Å². The first kappa shape index (κ1) is 21.8. The van der Waals surface area contributed by atoms with Crippen LogP contribution in [0.25, 0.3) is 0 Å². The molecule has 1 heterocycles. The van der Waals surface area contributed by atoms with Crippen LogP contribution in [0.15, 0.2) is 36.4 Å². The second-order valence-electron chi connectivity index (χ2n) is 7.89. The van der Waals surface area contributed by atoms with Gasteiger partial charge >= 0.3 is 0 Å². The van der Waals surface area contributed by atoms with Gasteiger partial charge < -0.3 is 24.4 Å². The van der Waals surface area contributed by atoms with Gasteiger partial charge in [-0.1, -0.05) is 19.1 Å². The van der Waals surface area contributed by atoms with Crippen molar-refractivity contribution in [2.45, 2.75) is 32.7 Å². The van der Waals surface area contributed by atoms with E-state index < -0.39 is 0 Å². The molecule has 6 nitrogen and oxygen atoms in total. The highest BCUT2D eigenvalue weighted by atomic mass is 16.5. The van der Waals surface area contributed by atoms with Crippen LogP contribution in [0.2, 0.25) is 0 Å². The van der Waals surface area contributed by atoms with Crippen molar-refractivity contribution >= 4 is 11.6 Å². The maximum absolute atomic E-state index is 12.8. The molecule has 1 amide bonds. The highest BCUT2D eigenvalue weighted by Crippen LogP contribution is 2.38. The Labute approximate surface area is 179 Å². The number of hydrogen-bond donors (Lipinski definition) is 1. The number of amides is 1. The molecule has 1 aliphatic heterocycles. The largest absolute Gasteiger partial charge is 0.493 e. The Morgan fingerprint density at radius 2 is 1.70 bits per heavy atom. The molecule has 2 aromatic rings. The third-order valence-corrected chi connectivity index (χ3v) is 5.69. The quantitative estimate of drug-likeness (QED) is 0.729.